The smallest absolute Gasteiger partial charge is 0.344 e. The molecule has 0 bridgehead atoms. The first kappa shape index (κ1) is 23.7. The molecule has 0 saturated carbocycles. The Hall–Kier alpha value is -4.07. The van der Waals surface area contributed by atoms with Gasteiger partial charge < -0.3 is 48.2 Å². The lowest BCUT2D eigenvalue weighted by molar-refractivity contribution is -0.273. The van der Waals surface area contributed by atoms with Crippen LogP contribution in [-0.4, -0.2) is 64.2 Å². The number of ether oxygens (including phenoxy) is 4. The highest BCUT2D eigenvalue weighted by molar-refractivity contribution is 6.22. The minimum Gasteiger partial charge on any atom is -0.504 e. The Morgan fingerprint density at radius 1 is 0.917 bits per heavy atom. The van der Waals surface area contributed by atoms with Crippen molar-refractivity contribution in [2.45, 2.75) is 44.6 Å². The third-order valence-corrected chi connectivity index (χ3v) is 6.04. The maximum Gasteiger partial charge on any atom is 0.344 e. The second-order valence-corrected chi connectivity index (χ2v) is 8.32. The number of aliphatic hydroxyl groups is 2. The molecular formula is C23H20O13. The van der Waals surface area contributed by atoms with Crippen LogP contribution in [0.25, 0.3) is 32.7 Å². The molecule has 13 nitrogen and oxygen atoms in total. The van der Waals surface area contributed by atoms with Crippen molar-refractivity contribution in [1.29, 1.82) is 0 Å². The van der Waals surface area contributed by atoms with Crippen LogP contribution in [0.15, 0.2) is 30.6 Å². The fourth-order valence-electron chi connectivity index (χ4n) is 4.40. The Kier molecular flexibility index (Phi) is 5.43. The fraction of sp³-hybridized carbons (Fsp3) is 0.348. The fourth-order valence-corrected chi connectivity index (χ4v) is 4.40. The van der Waals surface area contributed by atoms with Gasteiger partial charge in [-0.15, -0.1) is 0 Å². The standard InChI is InChI=1S/C23H20O13/c1-6-14(27)15(28)20(33-7(2)24)23(32-6)36-17-11(26)5-9-13-12-8(22(30)35-19(13)17)4-10(25)16(31-3)18(12)34-21(9)29/h4-6,14-15,20,23,25-28H,1-3H3/t6-,14-,15-,20-,23+/m1/s1. The minimum atomic E-state index is -1.61. The summed E-state index contributed by atoms with van der Waals surface area (Å²) < 4.78 is 32.2. The van der Waals surface area contributed by atoms with Crippen molar-refractivity contribution in [3.8, 4) is 23.0 Å². The van der Waals surface area contributed by atoms with Gasteiger partial charge in [0.25, 0.3) is 0 Å². The lowest BCUT2D eigenvalue weighted by Gasteiger charge is -2.40. The maximum absolute atomic E-state index is 12.9. The highest BCUT2D eigenvalue weighted by atomic mass is 16.7. The SMILES string of the molecule is COc1c(O)cc2c(=O)oc3c(O[C@@H]4O[C@H](C)[C@@H](O)[C@@H](O)[C@H]4OC(C)=O)c(O)cc4c(=O)oc1c2c34. The lowest BCUT2D eigenvalue weighted by Crippen LogP contribution is -2.59. The number of aromatic hydroxyl groups is 2. The molecule has 1 aliphatic heterocycles. The van der Waals surface area contributed by atoms with Crippen molar-refractivity contribution in [2.24, 2.45) is 0 Å². The number of hydrogen-bond donors (Lipinski definition) is 4. The Labute approximate surface area is 199 Å². The molecule has 1 saturated heterocycles. The second kappa shape index (κ2) is 8.26. The van der Waals surface area contributed by atoms with Gasteiger partial charge in [-0.2, -0.15) is 0 Å². The van der Waals surface area contributed by atoms with Gasteiger partial charge in [0, 0.05) is 17.7 Å². The molecule has 5 atom stereocenters. The van der Waals surface area contributed by atoms with Gasteiger partial charge in [-0.3, -0.25) is 4.79 Å². The molecule has 0 spiro atoms. The van der Waals surface area contributed by atoms with E-state index in [1.165, 1.54) is 14.0 Å². The van der Waals surface area contributed by atoms with Crippen molar-refractivity contribution in [1.82, 2.24) is 0 Å². The molecule has 0 radical (unpaired) electrons. The summed E-state index contributed by atoms with van der Waals surface area (Å²) in [7, 11) is 1.23. The normalized spacial score (nSPS) is 24.4. The summed E-state index contributed by atoms with van der Waals surface area (Å²) in [4.78, 5) is 37.2. The molecule has 2 aromatic carbocycles. The Morgan fingerprint density at radius 3 is 1.97 bits per heavy atom. The molecule has 5 rings (SSSR count). The van der Waals surface area contributed by atoms with Crippen LogP contribution in [-0.2, 0) is 14.3 Å². The summed E-state index contributed by atoms with van der Waals surface area (Å²) in [6.07, 6.45) is -7.11. The molecule has 0 aliphatic carbocycles. The molecule has 0 amide bonds. The van der Waals surface area contributed by atoms with E-state index in [1.54, 1.807) is 0 Å². The van der Waals surface area contributed by atoms with Gasteiger partial charge in [0.2, 0.25) is 17.8 Å². The van der Waals surface area contributed by atoms with E-state index in [-0.39, 0.29) is 38.5 Å². The van der Waals surface area contributed by atoms with E-state index in [9.17, 15) is 34.8 Å². The number of benzene rings is 2. The Balaban J connectivity index is 1.78. The molecule has 13 heteroatoms. The number of methoxy groups -OCH3 is 1. The van der Waals surface area contributed by atoms with Crippen LogP contribution in [0.3, 0.4) is 0 Å². The Morgan fingerprint density at radius 2 is 1.44 bits per heavy atom. The molecule has 4 aromatic rings. The Bertz CT molecular complexity index is 1620. The lowest BCUT2D eigenvalue weighted by atomic mass is 9.99. The number of aliphatic hydroxyl groups excluding tert-OH is 2. The molecule has 3 heterocycles. The first-order valence-electron chi connectivity index (χ1n) is 10.7. The topological polar surface area (TPSA) is 195 Å². The van der Waals surface area contributed by atoms with E-state index >= 15 is 0 Å². The second-order valence-electron chi connectivity index (χ2n) is 8.32. The van der Waals surface area contributed by atoms with Crippen LogP contribution in [0.1, 0.15) is 13.8 Å². The van der Waals surface area contributed by atoms with Crippen molar-refractivity contribution >= 4 is 38.7 Å². The van der Waals surface area contributed by atoms with Crippen molar-refractivity contribution in [2.75, 3.05) is 7.11 Å². The van der Waals surface area contributed by atoms with Crippen LogP contribution in [0, 0.1) is 0 Å². The summed E-state index contributed by atoms with van der Waals surface area (Å²) in [6.45, 7) is 2.51. The van der Waals surface area contributed by atoms with E-state index in [0.29, 0.717) is 0 Å². The van der Waals surface area contributed by atoms with Crippen LogP contribution in [0.4, 0.5) is 0 Å². The first-order chi connectivity index (χ1) is 17.0. The van der Waals surface area contributed by atoms with Crippen LogP contribution in [0.5, 0.6) is 23.0 Å². The summed E-state index contributed by atoms with van der Waals surface area (Å²) >= 11 is 0. The number of esters is 1. The summed E-state index contributed by atoms with van der Waals surface area (Å²) in [5, 5.41) is 41.3. The third-order valence-electron chi connectivity index (χ3n) is 6.04. The number of hydrogen-bond acceptors (Lipinski definition) is 13. The molecular weight excluding hydrogens is 484 g/mol. The van der Waals surface area contributed by atoms with E-state index in [1.807, 2.05) is 0 Å². The van der Waals surface area contributed by atoms with Crippen molar-refractivity contribution < 1.29 is 53.0 Å². The highest BCUT2D eigenvalue weighted by Crippen LogP contribution is 2.46. The number of carbonyl (C=O) groups is 1. The van der Waals surface area contributed by atoms with Gasteiger partial charge in [-0.1, -0.05) is 0 Å². The van der Waals surface area contributed by atoms with E-state index in [4.69, 9.17) is 27.8 Å². The zero-order valence-corrected chi connectivity index (χ0v) is 19.0. The van der Waals surface area contributed by atoms with E-state index in [2.05, 4.69) is 0 Å². The van der Waals surface area contributed by atoms with Gasteiger partial charge in [-0.25, -0.2) is 9.59 Å². The zero-order valence-electron chi connectivity index (χ0n) is 19.0. The monoisotopic (exact) mass is 504 g/mol. The van der Waals surface area contributed by atoms with Gasteiger partial charge in [0.05, 0.1) is 24.0 Å². The van der Waals surface area contributed by atoms with Crippen LogP contribution < -0.4 is 20.7 Å². The van der Waals surface area contributed by atoms with Crippen LogP contribution in [0.2, 0.25) is 0 Å². The molecule has 2 aromatic heterocycles. The molecule has 4 N–H and O–H groups in total. The number of phenolic OH excluding ortho intramolecular Hbond substituents is 2. The molecule has 1 fully saturated rings. The summed E-state index contributed by atoms with van der Waals surface area (Å²) in [6, 6.07) is 2.10. The predicted octanol–water partition coefficient (Wildman–Crippen LogP) is 0.687. The molecule has 190 valence electrons. The molecule has 0 unspecified atom stereocenters. The minimum absolute atomic E-state index is 0.00965. The summed E-state index contributed by atoms with van der Waals surface area (Å²) in [5.74, 6) is -2.63. The predicted molar refractivity (Wildman–Crippen MR) is 120 cm³/mol. The van der Waals surface area contributed by atoms with Gasteiger partial charge in [0.15, 0.2) is 28.8 Å². The third kappa shape index (κ3) is 3.39. The maximum atomic E-state index is 12.9. The van der Waals surface area contributed by atoms with Gasteiger partial charge in [0.1, 0.15) is 12.2 Å². The number of carbonyl (C=O) groups excluding carboxylic acids is 1. The summed E-state index contributed by atoms with van der Waals surface area (Å²) in [5.41, 5.74) is -2.53. The number of phenols is 2. The largest absolute Gasteiger partial charge is 0.504 e. The average molecular weight is 504 g/mol. The quantitative estimate of drug-likeness (QED) is 0.172. The van der Waals surface area contributed by atoms with Crippen LogP contribution >= 0.6 is 0 Å². The highest BCUT2D eigenvalue weighted by Gasteiger charge is 2.47. The van der Waals surface area contributed by atoms with Gasteiger partial charge >= 0.3 is 17.2 Å². The van der Waals surface area contributed by atoms with E-state index < -0.39 is 65.2 Å². The van der Waals surface area contributed by atoms with E-state index in [0.717, 1.165) is 19.1 Å². The van der Waals surface area contributed by atoms with Crippen molar-refractivity contribution in [3.63, 3.8) is 0 Å². The zero-order chi connectivity index (χ0) is 26.0. The van der Waals surface area contributed by atoms with Gasteiger partial charge in [-0.05, 0) is 19.1 Å². The average Bonchev–Trinajstić information content (AvgIpc) is 2.81. The molecule has 1 aliphatic rings. The van der Waals surface area contributed by atoms with Crippen molar-refractivity contribution in [3.05, 3.63) is 33.0 Å². The number of rotatable bonds is 4. The molecule has 36 heavy (non-hydrogen) atoms. The first-order valence-corrected chi connectivity index (χ1v) is 10.7.